The summed E-state index contributed by atoms with van der Waals surface area (Å²) in [6, 6.07) is 15.6. The summed E-state index contributed by atoms with van der Waals surface area (Å²) >= 11 is 1.51. The molecule has 0 radical (unpaired) electrons. The van der Waals surface area contributed by atoms with E-state index in [-0.39, 0.29) is 11.4 Å². The van der Waals surface area contributed by atoms with E-state index >= 15 is 0 Å². The van der Waals surface area contributed by atoms with Crippen LogP contribution in [0, 0.1) is 20.8 Å². The first-order chi connectivity index (χ1) is 14.3. The monoisotopic (exact) mass is 441 g/mol. The first-order valence-electron chi connectivity index (χ1n) is 9.30. The summed E-state index contributed by atoms with van der Waals surface area (Å²) in [4.78, 5) is 13.6. The molecule has 0 unspecified atom stereocenters. The van der Waals surface area contributed by atoms with Gasteiger partial charge in [-0.1, -0.05) is 35.9 Å². The maximum atomic E-state index is 13.3. The van der Waals surface area contributed by atoms with E-state index in [2.05, 4.69) is 10.5 Å². The lowest BCUT2D eigenvalue weighted by atomic mass is 10.2. The minimum Gasteiger partial charge on any atom is -0.271 e. The Hall–Kier alpha value is -2.97. The van der Waals surface area contributed by atoms with Gasteiger partial charge in [0, 0.05) is 4.88 Å². The van der Waals surface area contributed by atoms with Gasteiger partial charge >= 0.3 is 0 Å². The number of nitrogens with one attached hydrogen (secondary N) is 1. The van der Waals surface area contributed by atoms with Gasteiger partial charge in [0.25, 0.3) is 15.9 Å². The summed E-state index contributed by atoms with van der Waals surface area (Å²) in [6.45, 7) is 5.26. The van der Waals surface area contributed by atoms with Crippen LogP contribution >= 0.6 is 11.3 Å². The number of aryl methyl sites for hydroxylation is 3. The van der Waals surface area contributed by atoms with Gasteiger partial charge in [0.1, 0.15) is 6.54 Å². The van der Waals surface area contributed by atoms with Gasteiger partial charge in [0.05, 0.1) is 16.8 Å². The van der Waals surface area contributed by atoms with Crippen molar-refractivity contribution in [1.82, 2.24) is 5.43 Å². The van der Waals surface area contributed by atoms with E-state index in [1.165, 1.54) is 11.3 Å². The molecule has 1 amide bonds. The SMILES string of the molecule is Cc1ccc(S(=O)(=O)N(CC(=O)NN=Cc2sccc2C)c2ccccc2C)cc1. The molecule has 1 aromatic heterocycles. The largest absolute Gasteiger partial charge is 0.271 e. The average molecular weight is 442 g/mol. The van der Waals surface area contributed by atoms with Crippen molar-refractivity contribution in [1.29, 1.82) is 0 Å². The topological polar surface area (TPSA) is 78.8 Å². The van der Waals surface area contributed by atoms with Crippen LogP contribution in [0.2, 0.25) is 0 Å². The summed E-state index contributed by atoms with van der Waals surface area (Å²) in [6.07, 6.45) is 1.56. The van der Waals surface area contributed by atoms with Gasteiger partial charge in [-0.2, -0.15) is 5.10 Å². The fourth-order valence-electron chi connectivity index (χ4n) is 2.83. The van der Waals surface area contributed by atoms with Crippen LogP contribution in [-0.4, -0.2) is 27.1 Å². The molecule has 1 N–H and O–H groups in total. The van der Waals surface area contributed by atoms with Crippen LogP contribution in [0.5, 0.6) is 0 Å². The number of carbonyl (C=O) groups is 1. The lowest BCUT2D eigenvalue weighted by Gasteiger charge is -2.25. The van der Waals surface area contributed by atoms with Crippen LogP contribution in [-0.2, 0) is 14.8 Å². The second-order valence-corrected chi connectivity index (χ2v) is 9.68. The minimum absolute atomic E-state index is 0.127. The molecule has 1 heterocycles. The third kappa shape index (κ3) is 4.95. The van der Waals surface area contributed by atoms with Gasteiger partial charge in [-0.25, -0.2) is 13.8 Å². The molecule has 2 aromatic carbocycles. The van der Waals surface area contributed by atoms with Crippen LogP contribution in [0.1, 0.15) is 21.6 Å². The maximum absolute atomic E-state index is 13.3. The molecule has 0 aliphatic heterocycles. The lowest BCUT2D eigenvalue weighted by Crippen LogP contribution is -2.40. The first kappa shape index (κ1) is 21.7. The van der Waals surface area contributed by atoms with Crippen LogP contribution in [0.3, 0.4) is 0 Å². The molecule has 0 saturated carbocycles. The van der Waals surface area contributed by atoms with Crippen LogP contribution in [0.25, 0.3) is 0 Å². The second-order valence-electron chi connectivity index (χ2n) is 6.87. The Morgan fingerprint density at radius 2 is 1.73 bits per heavy atom. The molecule has 0 aliphatic rings. The Kier molecular flexibility index (Phi) is 6.69. The van der Waals surface area contributed by atoms with Gasteiger partial charge in [-0.05, 0) is 61.5 Å². The maximum Gasteiger partial charge on any atom is 0.264 e. The molecule has 0 spiro atoms. The number of rotatable bonds is 7. The van der Waals surface area contributed by atoms with Crippen molar-refractivity contribution in [2.75, 3.05) is 10.8 Å². The molecule has 6 nitrogen and oxygen atoms in total. The van der Waals surface area contributed by atoms with Crippen LogP contribution in [0.4, 0.5) is 5.69 Å². The number of thiophene rings is 1. The highest BCUT2D eigenvalue weighted by atomic mass is 32.2. The van der Waals surface area contributed by atoms with Crippen molar-refractivity contribution in [3.05, 3.63) is 81.5 Å². The van der Waals surface area contributed by atoms with Crippen molar-refractivity contribution in [3.63, 3.8) is 0 Å². The van der Waals surface area contributed by atoms with Crippen molar-refractivity contribution < 1.29 is 13.2 Å². The third-order valence-corrected chi connectivity index (χ3v) is 7.28. The number of benzene rings is 2. The zero-order valence-electron chi connectivity index (χ0n) is 17.0. The average Bonchev–Trinajstić information content (AvgIpc) is 3.12. The van der Waals surface area contributed by atoms with E-state index in [1.54, 1.807) is 42.6 Å². The Bertz CT molecular complexity index is 1170. The smallest absolute Gasteiger partial charge is 0.264 e. The summed E-state index contributed by atoms with van der Waals surface area (Å²) < 4.78 is 27.8. The zero-order chi connectivity index (χ0) is 21.7. The zero-order valence-corrected chi connectivity index (χ0v) is 18.6. The van der Waals surface area contributed by atoms with Crippen molar-refractivity contribution >= 4 is 39.2 Å². The number of hydrazone groups is 1. The van der Waals surface area contributed by atoms with Crippen molar-refractivity contribution in [3.8, 4) is 0 Å². The van der Waals surface area contributed by atoms with Crippen molar-refractivity contribution in [2.45, 2.75) is 25.7 Å². The molecule has 0 fully saturated rings. The number of hydrogen-bond acceptors (Lipinski definition) is 5. The number of nitrogens with zero attached hydrogens (tertiary/aromatic N) is 2. The summed E-state index contributed by atoms with van der Waals surface area (Å²) in [7, 11) is -3.94. The number of hydrogen-bond donors (Lipinski definition) is 1. The van der Waals surface area contributed by atoms with E-state index < -0.39 is 15.9 Å². The molecule has 30 heavy (non-hydrogen) atoms. The minimum atomic E-state index is -3.94. The number of para-hydroxylation sites is 1. The van der Waals surface area contributed by atoms with Gasteiger partial charge in [0.2, 0.25) is 0 Å². The summed E-state index contributed by atoms with van der Waals surface area (Å²) in [5.74, 6) is -0.528. The highest BCUT2D eigenvalue weighted by Crippen LogP contribution is 2.26. The molecule has 3 rings (SSSR count). The van der Waals surface area contributed by atoms with Crippen LogP contribution < -0.4 is 9.73 Å². The number of carbonyl (C=O) groups excluding carboxylic acids is 1. The first-order valence-corrected chi connectivity index (χ1v) is 11.6. The molecule has 0 atom stereocenters. The van der Waals surface area contributed by atoms with E-state index in [9.17, 15) is 13.2 Å². The standard InChI is InChI=1S/C22H23N3O3S2/c1-16-8-10-19(11-9-16)30(27,28)25(20-7-5-4-6-17(20)2)15-22(26)24-23-14-21-18(3)12-13-29-21/h4-14H,15H2,1-3H3,(H,24,26). The number of sulfonamides is 1. The van der Waals surface area contributed by atoms with Gasteiger partial charge < -0.3 is 0 Å². The Labute approximate surface area is 180 Å². The predicted molar refractivity (Wildman–Crippen MR) is 122 cm³/mol. The molecule has 156 valence electrons. The van der Waals surface area contributed by atoms with Gasteiger partial charge in [0.15, 0.2) is 0 Å². The number of amides is 1. The highest BCUT2D eigenvalue weighted by molar-refractivity contribution is 7.92. The molecular weight excluding hydrogens is 418 g/mol. The molecular formula is C22H23N3O3S2. The fraction of sp³-hybridized carbons (Fsp3) is 0.182. The second kappa shape index (κ2) is 9.23. The predicted octanol–water partition coefficient (Wildman–Crippen LogP) is 4.02. The van der Waals surface area contributed by atoms with E-state index in [0.717, 1.165) is 25.9 Å². The fourth-order valence-corrected chi connectivity index (χ4v) is 5.10. The third-order valence-electron chi connectivity index (χ3n) is 4.55. The van der Waals surface area contributed by atoms with Gasteiger partial charge in [-0.3, -0.25) is 9.10 Å². The summed E-state index contributed by atoms with van der Waals surface area (Å²) in [5.41, 5.74) is 5.64. The normalized spacial score (nSPS) is 11.6. The summed E-state index contributed by atoms with van der Waals surface area (Å²) in [5, 5.41) is 5.91. The van der Waals surface area contributed by atoms with E-state index in [4.69, 9.17) is 0 Å². The Morgan fingerprint density at radius 1 is 1.03 bits per heavy atom. The van der Waals surface area contributed by atoms with E-state index in [1.807, 2.05) is 44.4 Å². The highest BCUT2D eigenvalue weighted by Gasteiger charge is 2.28. The molecule has 3 aromatic rings. The van der Waals surface area contributed by atoms with Crippen LogP contribution in [0.15, 0.2) is 70.0 Å². The van der Waals surface area contributed by atoms with Crippen molar-refractivity contribution in [2.24, 2.45) is 5.10 Å². The molecule has 8 heteroatoms. The molecule has 0 bridgehead atoms. The Morgan fingerprint density at radius 3 is 2.37 bits per heavy atom. The quantitative estimate of drug-likeness (QED) is 0.444. The lowest BCUT2D eigenvalue weighted by molar-refractivity contribution is -0.119. The molecule has 0 saturated heterocycles. The Balaban J connectivity index is 1.87. The molecule has 0 aliphatic carbocycles. The number of anilines is 1. The van der Waals surface area contributed by atoms with Gasteiger partial charge in [-0.15, -0.1) is 11.3 Å². The van der Waals surface area contributed by atoms with E-state index in [0.29, 0.717) is 5.69 Å².